The molecule has 0 aliphatic rings. The molecule has 2 nitrogen and oxygen atoms in total. The summed E-state index contributed by atoms with van der Waals surface area (Å²) in [5, 5.41) is 4.07. The molecule has 0 saturated carbocycles. The lowest BCUT2D eigenvalue weighted by molar-refractivity contribution is 0.496. The van der Waals surface area contributed by atoms with Crippen LogP contribution in [0.15, 0.2) is 36.0 Å². The molecule has 1 aromatic carbocycles. The third-order valence-electron chi connectivity index (χ3n) is 2.90. The zero-order chi connectivity index (χ0) is 12.8. The van der Waals surface area contributed by atoms with E-state index >= 15 is 0 Å². The molecule has 0 saturated heterocycles. The first-order valence-corrected chi connectivity index (χ1v) is 7.30. The minimum Gasteiger partial charge on any atom is -0.319 e. The van der Waals surface area contributed by atoms with Gasteiger partial charge < -0.3 is 5.32 Å². The topological polar surface area (TPSA) is 24.9 Å². The van der Waals surface area contributed by atoms with Gasteiger partial charge in [-0.3, -0.25) is 4.98 Å². The van der Waals surface area contributed by atoms with Crippen LogP contribution in [-0.2, 0) is 12.8 Å². The Bertz CT molecular complexity index is 453. The summed E-state index contributed by atoms with van der Waals surface area (Å²) in [5.74, 6) is 0.594. The van der Waals surface area contributed by atoms with Gasteiger partial charge in [0.1, 0.15) is 0 Å². The van der Waals surface area contributed by atoms with Gasteiger partial charge in [-0.1, -0.05) is 23.7 Å². The van der Waals surface area contributed by atoms with Crippen LogP contribution in [0.4, 0.5) is 0 Å². The van der Waals surface area contributed by atoms with Crippen LogP contribution in [0.1, 0.15) is 10.4 Å². The highest BCUT2D eigenvalue weighted by Gasteiger charge is 2.11. The second-order valence-corrected chi connectivity index (χ2v) is 5.83. The molecular weight excluding hydrogens is 264 g/mol. The minimum atomic E-state index is 0.594. The smallest absolute Gasteiger partial charge is 0.0794 e. The number of nitrogens with zero attached hydrogens (tertiary/aromatic N) is 1. The van der Waals surface area contributed by atoms with E-state index in [4.69, 9.17) is 11.6 Å². The standard InChI is InChI=1S/C14H17ClN2S/c1-16-8-12(7-14-9-17-10-18-14)6-11-2-4-13(15)5-3-11/h2-5,9-10,12,16H,6-8H2,1H3. The van der Waals surface area contributed by atoms with E-state index in [0.717, 1.165) is 24.4 Å². The summed E-state index contributed by atoms with van der Waals surface area (Å²) in [6, 6.07) is 8.13. The Morgan fingerprint density at radius 3 is 2.67 bits per heavy atom. The summed E-state index contributed by atoms with van der Waals surface area (Å²) >= 11 is 7.64. The van der Waals surface area contributed by atoms with Crippen molar-refractivity contribution >= 4 is 22.9 Å². The monoisotopic (exact) mass is 280 g/mol. The van der Waals surface area contributed by atoms with Gasteiger partial charge in [-0.25, -0.2) is 0 Å². The van der Waals surface area contributed by atoms with Gasteiger partial charge in [-0.05, 0) is 50.0 Å². The average Bonchev–Trinajstić information content (AvgIpc) is 2.85. The summed E-state index contributed by atoms with van der Waals surface area (Å²) < 4.78 is 0. The van der Waals surface area contributed by atoms with Gasteiger partial charge >= 0.3 is 0 Å². The minimum absolute atomic E-state index is 0.594. The Morgan fingerprint density at radius 1 is 1.28 bits per heavy atom. The van der Waals surface area contributed by atoms with Crippen molar-refractivity contribution in [3.05, 3.63) is 51.4 Å². The van der Waals surface area contributed by atoms with E-state index in [2.05, 4.69) is 22.4 Å². The Balaban J connectivity index is 1.99. The lowest BCUT2D eigenvalue weighted by Gasteiger charge is -2.15. The van der Waals surface area contributed by atoms with Crippen molar-refractivity contribution in [2.45, 2.75) is 12.8 Å². The second kappa shape index (κ2) is 6.88. The van der Waals surface area contributed by atoms with Crippen LogP contribution in [-0.4, -0.2) is 18.6 Å². The van der Waals surface area contributed by atoms with Crippen molar-refractivity contribution in [1.82, 2.24) is 10.3 Å². The number of thiazole rings is 1. The van der Waals surface area contributed by atoms with Gasteiger partial charge in [-0.2, -0.15) is 0 Å². The molecule has 2 rings (SSSR count). The van der Waals surface area contributed by atoms with Crippen molar-refractivity contribution in [3.63, 3.8) is 0 Å². The first kappa shape index (κ1) is 13.5. The fraction of sp³-hybridized carbons (Fsp3) is 0.357. The molecule has 18 heavy (non-hydrogen) atoms. The largest absolute Gasteiger partial charge is 0.319 e. The molecular formula is C14H17ClN2S. The summed E-state index contributed by atoms with van der Waals surface area (Å²) in [4.78, 5) is 5.49. The van der Waals surface area contributed by atoms with Gasteiger partial charge in [0.05, 0.1) is 5.51 Å². The molecule has 0 spiro atoms. The van der Waals surface area contributed by atoms with Crippen LogP contribution in [0.3, 0.4) is 0 Å². The molecule has 0 fully saturated rings. The summed E-state index contributed by atoms with van der Waals surface area (Å²) in [6.45, 7) is 1.01. The molecule has 1 atom stereocenters. The predicted octanol–water partition coefficient (Wildman–Crippen LogP) is 3.42. The summed E-state index contributed by atoms with van der Waals surface area (Å²) in [6.07, 6.45) is 4.11. The van der Waals surface area contributed by atoms with Crippen LogP contribution >= 0.6 is 22.9 Å². The van der Waals surface area contributed by atoms with E-state index < -0.39 is 0 Å². The molecule has 1 unspecified atom stereocenters. The van der Waals surface area contributed by atoms with Crippen LogP contribution in [0.25, 0.3) is 0 Å². The number of hydrogen-bond donors (Lipinski definition) is 1. The fourth-order valence-corrected chi connectivity index (χ4v) is 2.92. The highest BCUT2D eigenvalue weighted by molar-refractivity contribution is 7.09. The van der Waals surface area contributed by atoms with Gasteiger partial charge in [-0.15, -0.1) is 11.3 Å². The third kappa shape index (κ3) is 4.09. The van der Waals surface area contributed by atoms with Gasteiger partial charge in [0.25, 0.3) is 0 Å². The number of nitrogens with one attached hydrogen (secondary N) is 1. The zero-order valence-electron chi connectivity index (χ0n) is 10.4. The number of benzene rings is 1. The Labute approximate surface area is 117 Å². The van der Waals surface area contributed by atoms with E-state index in [-0.39, 0.29) is 0 Å². The summed E-state index contributed by atoms with van der Waals surface area (Å²) in [5.41, 5.74) is 3.23. The van der Waals surface area contributed by atoms with Crippen LogP contribution in [0.2, 0.25) is 5.02 Å². The Hall–Kier alpha value is -0.900. The number of hydrogen-bond acceptors (Lipinski definition) is 3. The molecule has 0 aliphatic carbocycles. The summed E-state index contributed by atoms with van der Waals surface area (Å²) in [7, 11) is 2.00. The van der Waals surface area contributed by atoms with Crippen molar-refractivity contribution in [1.29, 1.82) is 0 Å². The third-order valence-corrected chi connectivity index (χ3v) is 3.96. The van der Waals surface area contributed by atoms with E-state index in [1.54, 1.807) is 11.3 Å². The maximum absolute atomic E-state index is 5.91. The first-order chi connectivity index (χ1) is 8.78. The molecule has 1 aromatic heterocycles. The average molecular weight is 281 g/mol. The van der Waals surface area contributed by atoms with E-state index in [0.29, 0.717) is 5.92 Å². The van der Waals surface area contributed by atoms with Gasteiger partial charge in [0.15, 0.2) is 0 Å². The van der Waals surface area contributed by atoms with Crippen LogP contribution in [0, 0.1) is 5.92 Å². The lowest BCUT2D eigenvalue weighted by Crippen LogP contribution is -2.22. The normalized spacial score (nSPS) is 12.6. The molecule has 0 bridgehead atoms. The SMILES string of the molecule is CNCC(Cc1ccc(Cl)cc1)Cc1cncs1. The molecule has 0 aliphatic heterocycles. The molecule has 0 radical (unpaired) electrons. The fourth-order valence-electron chi connectivity index (χ4n) is 2.09. The first-order valence-electron chi connectivity index (χ1n) is 6.04. The van der Waals surface area contributed by atoms with Crippen LogP contribution < -0.4 is 5.32 Å². The van der Waals surface area contributed by atoms with Crippen molar-refractivity contribution in [3.8, 4) is 0 Å². The van der Waals surface area contributed by atoms with E-state index in [1.165, 1.54) is 10.4 Å². The zero-order valence-corrected chi connectivity index (χ0v) is 12.0. The van der Waals surface area contributed by atoms with E-state index in [1.807, 2.05) is 30.9 Å². The highest BCUT2D eigenvalue weighted by Crippen LogP contribution is 2.18. The quantitative estimate of drug-likeness (QED) is 0.877. The Kier molecular flexibility index (Phi) is 5.17. The van der Waals surface area contributed by atoms with Crippen LogP contribution in [0.5, 0.6) is 0 Å². The predicted molar refractivity (Wildman–Crippen MR) is 78.4 cm³/mol. The number of rotatable bonds is 6. The molecule has 1 heterocycles. The Morgan fingerprint density at radius 2 is 2.06 bits per heavy atom. The molecule has 0 amide bonds. The van der Waals surface area contributed by atoms with Gasteiger partial charge in [0.2, 0.25) is 0 Å². The maximum atomic E-state index is 5.91. The molecule has 2 aromatic rings. The molecule has 96 valence electrons. The second-order valence-electron chi connectivity index (χ2n) is 4.43. The van der Waals surface area contributed by atoms with Crippen molar-refractivity contribution < 1.29 is 0 Å². The molecule has 1 N–H and O–H groups in total. The number of halogens is 1. The maximum Gasteiger partial charge on any atom is 0.0794 e. The number of aromatic nitrogens is 1. The lowest BCUT2D eigenvalue weighted by atomic mass is 9.95. The van der Waals surface area contributed by atoms with E-state index in [9.17, 15) is 0 Å². The van der Waals surface area contributed by atoms with Crippen molar-refractivity contribution in [2.24, 2.45) is 5.92 Å². The molecule has 4 heteroatoms. The van der Waals surface area contributed by atoms with Gasteiger partial charge in [0, 0.05) is 16.1 Å². The van der Waals surface area contributed by atoms with Crippen molar-refractivity contribution in [2.75, 3.05) is 13.6 Å². The highest BCUT2D eigenvalue weighted by atomic mass is 35.5.